The number of carbonyl (C=O) groups is 1. The van der Waals surface area contributed by atoms with Crippen molar-refractivity contribution in [3.05, 3.63) is 0 Å². The average molecular weight is 464 g/mol. The molecule has 0 heterocycles. The summed E-state index contributed by atoms with van der Waals surface area (Å²) in [6, 6.07) is 0. The summed E-state index contributed by atoms with van der Waals surface area (Å²) < 4.78 is 8.88. The Morgan fingerprint density at radius 1 is 0.704 bits per heavy atom. The Hall–Kier alpha value is 0.866. The summed E-state index contributed by atoms with van der Waals surface area (Å²) in [4.78, 5) is 31.9. The van der Waals surface area contributed by atoms with Gasteiger partial charge in [-0.3, -0.25) is 4.79 Å². The number of carboxylic acids is 1. The molecule has 0 bridgehead atoms. The van der Waals surface area contributed by atoms with Crippen LogP contribution in [0.4, 0.5) is 0 Å². The van der Waals surface area contributed by atoms with Gasteiger partial charge >= 0.3 is 36.8 Å². The molecule has 0 aliphatic rings. The average Bonchev–Trinajstić information content (AvgIpc) is 2.49. The van der Waals surface area contributed by atoms with Gasteiger partial charge in [0.2, 0.25) is 0 Å². The molecule has 27 heavy (non-hydrogen) atoms. The number of carboxylic acid groups (broad SMARTS) is 1. The molecular weight excluding hydrogens is 422 g/mol. The third-order valence-electron chi connectivity index (χ3n) is 3.99. The first-order valence-electron chi connectivity index (χ1n) is 9.77. The van der Waals surface area contributed by atoms with Crippen LogP contribution in [0.25, 0.3) is 0 Å². The van der Waals surface area contributed by atoms with Gasteiger partial charge in [0, 0.05) is 23.5 Å². The van der Waals surface area contributed by atoms with Crippen LogP contribution in [0.1, 0.15) is 113 Å². The number of hydrogen-bond donors (Lipinski definition) is 4. The van der Waals surface area contributed by atoms with E-state index in [2.05, 4.69) is 6.92 Å². The van der Waals surface area contributed by atoms with Crippen LogP contribution in [0.5, 0.6) is 0 Å². The van der Waals surface area contributed by atoms with Crippen LogP contribution in [-0.4, -0.2) is 48.8 Å². The van der Waals surface area contributed by atoms with Crippen molar-refractivity contribution < 1.29 is 49.1 Å². The van der Waals surface area contributed by atoms with Crippen LogP contribution in [-0.2, 0) is 26.4 Å². The number of aliphatic carboxylic acids is 1. The summed E-state index contributed by atoms with van der Waals surface area (Å²) in [5.74, 6) is -0.653. The molecule has 0 rings (SSSR count). The van der Waals surface area contributed by atoms with Gasteiger partial charge in [-0.2, -0.15) is 0 Å². The van der Waals surface area contributed by atoms with E-state index in [1.54, 1.807) is 0 Å². The molecule has 0 amide bonds. The van der Waals surface area contributed by atoms with Crippen LogP contribution in [0.3, 0.4) is 0 Å². The molecule has 0 spiro atoms. The van der Waals surface area contributed by atoms with Crippen molar-refractivity contribution in [2.24, 2.45) is 0 Å². The van der Waals surface area contributed by atoms with Gasteiger partial charge in [0.05, 0.1) is 0 Å². The Morgan fingerprint density at radius 3 is 1.15 bits per heavy atom. The maximum absolute atomic E-state index is 10.3. The summed E-state index contributed by atoms with van der Waals surface area (Å²) in [6.45, 7) is 2.27. The van der Waals surface area contributed by atoms with Gasteiger partial charge in [0.1, 0.15) is 0 Å². The van der Waals surface area contributed by atoms with Crippen LogP contribution >= 0.6 is 7.82 Å². The second-order valence-corrected chi connectivity index (χ2v) is 7.63. The predicted octanol–water partition coefficient (Wildman–Crippen LogP) is 5.25. The largest absolute Gasteiger partial charge is 2.00 e. The first kappa shape index (κ1) is 35.3. The standard InChI is InChI=1S/C18H36O2.Mg.Mn.H3O4P.2H/c1-2-3-4-5-6-7-8-9-10-11-12-13-14-15-16-17-18(19)20;;;1-5(2,3)4;;/h2-17H2,1H3,(H,19,20);;;(H3,1,2,3,4);;/q;+2;;;2*-1. The monoisotopic (exact) mass is 463 g/mol. The van der Waals surface area contributed by atoms with Gasteiger partial charge in [-0.15, -0.1) is 0 Å². The van der Waals surface area contributed by atoms with Crippen LogP contribution in [0.2, 0.25) is 0 Å². The second kappa shape index (κ2) is 26.9. The molecule has 1 radical (unpaired) electrons. The fourth-order valence-electron chi connectivity index (χ4n) is 2.65. The molecule has 0 atom stereocenters. The molecule has 0 fully saturated rings. The zero-order chi connectivity index (χ0) is 19.4. The van der Waals surface area contributed by atoms with Crippen molar-refractivity contribution in [2.75, 3.05) is 0 Å². The number of rotatable bonds is 16. The summed E-state index contributed by atoms with van der Waals surface area (Å²) in [6.07, 6.45) is 20.2. The van der Waals surface area contributed by atoms with Gasteiger partial charge in [-0.25, -0.2) is 4.57 Å². The van der Waals surface area contributed by atoms with Gasteiger partial charge in [-0.05, 0) is 6.42 Å². The normalized spacial score (nSPS) is 10.2. The fraction of sp³-hybridized carbons (Fsp3) is 0.944. The van der Waals surface area contributed by atoms with Crippen molar-refractivity contribution in [1.29, 1.82) is 0 Å². The Kier molecular flexibility index (Phi) is 35.1. The minimum absolute atomic E-state index is 0. The molecule has 0 aliphatic carbocycles. The number of unbranched alkanes of at least 4 members (excludes halogenated alkanes) is 14. The minimum Gasteiger partial charge on any atom is -1.00 e. The molecular formula is C18H41MgMnO6P. The zero-order valence-corrected chi connectivity index (χ0v) is 20.4. The maximum atomic E-state index is 10.3. The molecule has 6 nitrogen and oxygen atoms in total. The van der Waals surface area contributed by atoms with Gasteiger partial charge < -0.3 is 22.6 Å². The first-order valence-corrected chi connectivity index (χ1v) is 11.3. The zero-order valence-electron chi connectivity index (χ0n) is 19.0. The van der Waals surface area contributed by atoms with E-state index in [9.17, 15) is 4.79 Å². The third kappa shape index (κ3) is 52.0. The molecule has 0 aromatic carbocycles. The van der Waals surface area contributed by atoms with E-state index in [0.29, 0.717) is 6.42 Å². The van der Waals surface area contributed by atoms with Crippen LogP contribution in [0, 0.1) is 0 Å². The van der Waals surface area contributed by atoms with Crippen molar-refractivity contribution in [1.82, 2.24) is 0 Å². The van der Waals surface area contributed by atoms with Gasteiger partial charge in [-0.1, -0.05) is 96.8 Å². The van der Waals surface area contributed by atoms with Gasteiger partial charge in [0.15, 0.2) is 0 Å². The Balaban J connectivity index is -0.000000131. The Bertz CT molecular complexity index is 344. The maximum Gasteiger partial charge on any atom is 2.00 e. The van der Waals surface area contributed by atoms with E-state index >= 15 is 0 Å². The summed E-state index contributed by atoms with van der Waals surface area (Å²) >= 11 is 0. The van der Waals surface area contributed by atoms with Crippen molar-refractivity contribution >= 4 is 36.8 Å². The molecule has 0 aromatic heterocycles. The van der Waals surface area contributed by atoms with Crippen molar-refractivity contribution in [2.45, 2.75) is 110 Å². The number of hydrogen-bond acceptors (Lipinski definition) is 2. The van der Waals surface area contributed by atoms with E-state index in [1.165, 1.54) is 83.5 Å². The van der Waals surface area contributed by atoms with E-state index in [1.807, 2.05) is 0 Å². The smallest absolute Gasteiger partial charge is 1.00 e. The first-order chi connectivity index (χ1) is 11.8. The van der Waals surface area contributed by atoms with Gasteiger partial charge in [0.25, 0.3) is 0 Å². The van der Waals surface area contributed by atoms with Crippen molar-refractivity contribution in [3.63, 3.8) is 0 Å². The molecule has 163 valence electrons. The summed E-state index contributed by atoms with van der Waals surface area (Å²) in [5, 5.41) is 8.52. The molecule has 0 saturated carbocycles. The minimum atomic E-state index is -4.64. The van der Waals surface area contributed by atoms with E-state index in [0.717, 1.165) is 12.8 Å². The van der Waals surface area contributed by atoms with E-state index in [4.69, 9.17) is 24.4 Å². The van der Waals surface area contributed by atoms with E-state index < -0.39 is 13.8 Å². The Morgan fingerprint density at radius 2 is 0.926 bits per heavy atom. The van der Waals surface area contributed by atoms with Crippen LogP contribution < -0.4 is 0 Å². The van der Waals surface area contributed by atoms with Crippen molar-refractivity contribution in [3.8, 4) is 0 Å². The molecule has 0 aliphatic heterocycles. The molecule has 4 N–H and O–H groups in total. The molecule has 0 unspecified atom stereocenters. The number of phosphoric acid groups is 1. The SMILES string of the molecule is CCCCCCCCCCCCCCCCCC(=O)O.O=P(O)(O)O.[H-].[H-].[Mg+2].[Mn]. The molecule has 9 heteroatoms. The predicted molar refractivity (Wildman–Crippen MR) is 109 cm³/mol. The van der Waals surface area contributed by atoms with E-state index in [-0.39, 0.29) is 43.0 Å². The van der Waals surface area contributed by atoms with Crippen LogP contribution in [0.15, 0.2) is 0 Å². The third-order valence-corrected chi connectivity index (χ3v) is 3.99. The molecule has 0 saturated heterocycles. The fourth-order valence-corrected chi connectivity index (χ4v) is 2.65. The topological polar surface area (TPSA) is 115 Å². The molecule has 0 aromatic rings. The summed E-state index contributed by atoms with van der Waals surface area (Å²) in [5.41, 5.74) is 0. The summed E-state index contributed by atoms with van der Waals surface area (Å²) in [7, 11) is -4.64. The quantitative estimate of drug-likeness (QED) is 0.141. The second-order valence-electron chi connectivity index (χ2n) is 6.61. The Labute approximate surface area is 195 Å².